The molecule has 1 heterocycles. The van der Waals surface area contributed by atoms with Gasteiger partial charge in [-0.25, -0.2) is 0 Å². The summed E-state index contributed by atoms with van der Waals surface area (Å²) in [4.78, 5) is 15.0. The van der Waals surface area contributed by atoms with Gasteiger partial charge in [0, 0.05) is 34.5 Å². The molecule has 0 unspecified atom stereocenters. The number of para-hydroxylation sites is 1. The van der Waals surface area contributed by atoms with Crippen molar-refractivity contribution in [1.82, 2.24) is 4.98 Å². The largest absolute Gasteiger partial charge is 0.358 e. The highest BCUT2D eigenvalue weighted by Gasteiger charge is 2.14. The first-order valence-corrected chi connectivity index (χ1v) is 5.44. The van der Waals surface area contributed by atoms with E-state index in [1.807, 2.05) is 31.2 Å². The van der Waals surface area contributed by atoms with Crippen LogP contribution in [0.5, 0.6) is 0 Å². The van der Waals surface area contributed by atoms with Gasteiger partial charge in [0.05, 0.1) is 0 Å². The third-order valence-corrected chi connectivity index (χ3v) is 2.68. The predicted molar refractivity (Wildman–Crippen MR) is 62.7 cm³/mol. The molecule has 2 nitrogen and oxygen atoms in total. The van der Waals surface area contributed by atoms with Gasteiger partial charge in [0.25, 0.3) is 0 Å². The summed E-state index contributed by atoms with van der Waals surface area (Å²) < 4.78 is 0. The molecule has 0 saturated heterocycles. The number of ketones is 1. The standard InChI is InChI=1S/C12H12ClNO/c1-8-12(11(15)6-7-13)9-4-2-3-5-10(9)14-8/h2-5,14H,6-7H2,1H3. The Balaban J connectivity index is 2.58. The molecule has 0 radical (unpaired) electrons. The number of carbonyl (C=O) groups excluding carboxylic acids is 1. The summed E-state index contributed by atoms with van der Waals surface area (Å²) in [6.07, 6.45) is 0.393. The van der Waals surface area contributed by atoms with Crippen molar-refractivity contribution in [2.45, 2.75) is 13.3 Å². The highest BCUT2D eigenvalue weighted by Crippen LogP contribution is 2.23. The van der Waals surface area contributed by atoms with Crippen molar-refractivity contribution in [1.29, 1.82) is 0 Å². The number of H-pyrrole nitrogens is 1. The molecule has 3 heteroatoms. The average molecular weight is 222 g/mol. The van der Waals surface area contributed by atoms with E-state index in [4.69, 9.17) is 11.6 Å². The van der Waals surface area contributed by atoms with E-state index in [2.05, 4.69) is 4.98 Å². The number of aromatic nitrogens is 1. The summed E-state index contributed by atoms with van der Waals surface area (Å²) in [5.41, 5.74) is 2.71. The minimum atomic E-state index is 0.111. The van der Waals surface area contributed by atoms with E-state index >= 15 is 0 Å². The Bertz CT molecular complexity index is 501. The van der Waals surface area contributed by atoms with E-state index in [-0.39, 0.29) is 5.78 Å². The van der Waals surface area contributed by atoms with Gasteiger partial charge in [-0.3, -0.25) is 4.79 Å². The monoisotopic (exact) mass is 221 g/mol. The summed E-state index contributed by atoms with van der Waals surface area (Å²) >= 11 is 5.59. The van der Waals surface area contributed by atoms with Crippen LogP contribution in [0, 0.1) is 6.92 Å². The number of alkyl halides is 1. The Kier molecular flexibility index (Phi) is 2.78. The summed E-state index contributed by atoms with van der Waals surface area (Å²) in [6, 6.07) is 7.82. The lowest BCUT2D eigenvalue weighted by molar-refractivity contribution is 0.0990. The fourth-order valence-corrected chi connectivity index (χ4v) is 2.02. The molecule has 0 amide bonds. The average Bonchev–Trinajstić information content (AvgIpc) is 2.54. The number of benzene rings is 1. The number of aryl methyl sites for hydroxylation is 1. The maximum atomic E-state index is 11.8. The molecular formula is C12H12ClNO. The van der Waals surface area contributed by atoms with E-state index in [9.17, 15) is 4.79 Å². The van der Waals surface area contributed by atoms with Gasteiger partial charge in [0.1, 0.15) is 0 Å². The van der Waals surface area contributed by atoms with Crippen LogP contribution in [0.2, 0.25) is 0 Å². The van der Waals surface area contributed by atoms with Crippen LogP contribution in [0.1, 0.15) is 22.5 Å². The molecule has 0 aliphatic heterocycles. The second kappa shape index (κ2) is 4.07. The van der Waals surface area contributed by atoms with Crippen molar-refractivity contribution in [2.75, 3.05) is 5.88 Å². The minimum absolute atomic E-state index is 0.111. The van der Waals surface area contributed by atoms with E-state index in [0.717, 1.165) is 22.2 Å². The van der Waals surface area contributed by atoms with Gasteiger partial charge in [-0.05, 0) is 13.0 Å². The fraction of sp³-hybridized carbons (Fsp3) is 0.250. The Morgan fingerprint density at radius 1 is 1.40 bits per heavy atom. The van der Waals surface area contributed by atoms with Crippen LogP contribution in [0.15, 0.2) is 24.3 Å². The molecule has 0 aliphatic rings. The zero-order chi connectivity index (χ0) is 10.8. The molecule has 0 bridgehead atoms. The number of fused-ring (bicyclic) bond motifs is 1. The first-order chi connectivity index (χ1) is 7.24. The molecule has 1 N–H and O–H groups in total. The molecule has 0 fully saturated rings. The number of Topliss-reactive ketones (excluding diaryl/α,β-unsaturated/α-hetero) is 1. The van der Waals surface area contributed by atoms with E-state index < -0.39 is 0 Å². The van der Waals surface area contributed by atoms with Gasteiger partial charge in [0.15, 0.2) is 5.78 Å². The van der Waals surface area contributed by atoms with Gasteiger partial charge in [-0.1, -0.05) is 18.2 Å². The van der Waals surface area contributed by atoms with Crippen molar-refractivity contribution in [3.05, 3.63) is 35.5 Å². The summed E-state index contributed by atoms with van der Waals surface area (Å²) in [5, 5.41) is 0.991. The number of hydrogen-bond acceptors (Lipinski definition) is 1. The minimum Gasteiger partial charge on any atom is -0.358 e. The van der Waals surface area contributed by atoms with Crippen LogP contribution in [0.25, 0.3) is 10.9 Å². The number of nitrogens with one attached hydrogen (secondary N) is 1. The maximum Gasteiger partial charge on any atom is 0.166 e. The van der Waals surface area contributed by atoms with E-state index in [0.29, 0.717) is 12.3 Å². The molecule has 0 saturated carbocycles. The van der Waals surface area contributed by atoms with Crippen LogP contribution in [0.4, 0.5) is 0 Å². The lowest BCUT2D eigenvalue weighted by Gasteiger charge is -1.97. The van der Waals surface area contributed by atoms with Gasteiger partial charge < -0.3 is 4.98 Å². The Morgan fingerprint density at radius 2 is 2.13 bits per heavy atom. The fourth-order valence-electron chi connectivity index (χ4n) is 1.85. The number of halogens is 1. The predicted octanol–water partition coefficient (Wildman–Crippen LogP) is 3.29. The molecule has 2 aromatic rings. The van der Waals surface area contributed by atoms with Crippen molar-refractivity contribution in [2.24, 2.45) is 0 Å². The molecule has 15 heavy (non-hydrogen) atoms. The van der Waals surface area contributed by atoms with Crippen LogP contribution >= 0.6 is 11.6 Å². The zero-order valence-corrected chi connectivity index (χ0v) is 9.27. The van der Waals surface area contributed by atoms with E-state index in [1.54, 1.807) is 0 Å². The van der Waals surface area contributed by atoms with Gasteiger partial charge in [-0.15, -0.1) is 11.6 Å². The Labute approximate surface area is 93.2 Å². The highest BCUT2D eigenvalue weighted by molar-refractivity contribution is 6.20. The number of hydrogen-bond donors (Lipinski definition) is 1. The van der Waals surface area contributed by atoms with Gasteiger partial charge in [-0.2, -0.15) is 0 Å². The first-order valence-electron chi connectivity index (χ1n) is 4.90. The first kappa shape index (κ1) is 10.2. The number of carbonyl (C=O) groups is 1. The summed E-state index contributed by atoms with van der Waals surface area (Å²) in [7, 11) is 0. The highest BCUT2D eigenvalue weighted by atomic mass is 35.5. The Morgan fingerprint density at radius 3 is 2.87 bits per heavy atom. The van der Waals surface area contributed by atoms with Crippen LogP contribution in [0.3, 0.4) is 0 Å². The van der Waals surface area contributed by atoms with Crippen molar-refractivity contribution < 1.29 is 4.79 Å². The SMILES string of the molecule is Cc1[nH]c2ccccc2c1C(=O)CCCl. The van der Waals surface area contributed by atoms with Crippen molar-refractivity contribution in [3.63, 3.8) is 0 Å². The number of rotatable bonds is 3. The second-order valence-corrected chi connectivity index (χ2v) is 3.91. The molecule has 2 rings (SSSR count). The summed E-state index contributed by atoms with van der Waals surface area (Å²) in [6.45, 7) is 1.92. The van der Waals surface area contributed by atoms with Gasteiger partial charge >= 0.3 is 0 Å². The maximum absolute atomic E-state index is 11.8. The van der Waals surface area contributed by atoms with Crippen LogP contribution in [-0.2, 0) is 0 Å². The quantitative estimate of drug-likeness (QED) is 0.626. The molecule has 78 valence electrons. The lowest BCUT2D eigenvalue weighted by Crippen LogP contribution is -2.00. The molecular weight excluding hydrogens is 210 g/mol. The van der Waals surface area contributed by atoms with Gasteiger partial charge in [0.2, 0.25) is 0 Å². The van der Waals surface area contributed by atoms with Crippen LogP contribution < -0.4 is 0 Å². The molecule has 0 spiro atoms. The normalized spacial score (nSPS) is 10.8. The number of aromatic amines is 1. The third-order valence-electron chi connectivity index (χ3n) is 2.49. The van der Waals surface area contributed by atoms with E-state index in [1.165, 1.54) is 0 Å². The molecule has 0 atom stereocenters. The third kappa shape index (κ3) is 1.77. The summed E-state index contributed by atoms with van der Waals surface area (Å²) in [5.74, 6) is 0.484. The van der Waals surface area contributed by atoms with Crippen molar-refractivity contribution in [3.8, 4) is 0 Å². The lowest BCUT2D eigenvalue weighted by atomic mass is 10.1. The second-order valence-electron chi connectivity index (χ2n) is 3.53. The Hall–Kier alpha value is -1.28. The van der Waals surface area contributed by atoms with Crippen molar-refractivity contribution >= 4 is 28.3 Å². The molecule has 1 aromatic carbocycles. The molecule has 0 aliphatic carbocycles. The van der Waals surface area contributed by atoms with Crippen LogP contribution in [-0.4, -0.2) is 16.6 Å². The zero-order valence-electron chi connectivity index (χ0n) is 8.51. The topological polar surface area (TPSA) is 32.9 Å². The molecule has 1 aromatic heterocycles. The smallest absolute Gasteiger partial charge is 0.166 e.